The number of carbonyl (C=O) groups excluding carboxylic acids is 1. The van der Waals surface area contributed by atoms with Crippen molar-refractivity contribution in [2.75, 3.05) is 31.1 Å². The summed E-state index contributed by atoms with van der Waals surface area (Å²) in [6.45, 7) is 22.7. The van der Waals surface area contributed by atoms with Gasteiger partial charge in [-0.05, 0) is 67.9 Å². The first-order valence-electron chi connectivity index (χ1n) is 18.7. The Morgan fingerprint density at radius 1 is 0.939 bits per heavy atom. The van der Waals surface area contributed by atoms with Crippen LogP contribution in [0, 0.1) is 18.8 Å². The fourth-order valence-electron chi connectivity index (χ4n) is 6.62. The highest BCUT2D eigenvalue weighted by molar-refractivity contribution is 5.82. The summed E-state index contributed by atoms with van der Waals surface area (Å²) in [6, 6.07) is 6.50. The quantitative estimate of drug-likeness (QED) is 0.107. The van der Waals surface area contributed by atoms with Gasteiger partial charge in [-0.1, -0.05) is 93.1 Å². The number of amides is 1. The molecule has 4 aromatic rings. The van der Waals surface area contributed by atoms with Gasteiger partial charge < -0.3 is 9.80 Å². The normalized spacial score (nSPS) is 13.6. The van der Waals surface area contributed by atoms with Gasteiger partial charge in [0.1, 0.15) is 5.69 Å². The van der Waals surface area contributed by atoms with Gasteiger partial charge in [-0.25, -0.2) is 4.98 Å². The van der Waals surface area contributed by atoms with Gasteiger partial charge in [-0.2, -0.15) is 9.61 Å². The molecule has 1 amide bonds. The van der Waals surface area contributed by atoms with E-state index in [4.69, 9.17) is 5.10 Å². The maximum Gasteiger partial charge on any atom is 0.242 e. The summed E-state index contributed by atoms with van der Waals surface area (Å²) in [5.41, 5.74) is 5.33. The van der Waals surface area contributed by atoms with Crippen molar-refractivity contribution < 1.29 is 4.79 Å². The summed E-state index contributed by atoms with van der Waals surface area (Å²) < 4.78 is 1.78. The molecule has 3 heterocycles. The predicted octanol–water partition coefficient (Wildman–Crippen LogP) is 7.82. The Labute approximate surface area is 294 Å². The van der Waals surface area contributed by atoms with E-state index in [9.17, 15) is 4.79 Å². The molecule has 1 aromatic carbocycles. The van der Waals surface area contributed by atoms with Gasteiger partial charge in [-0.15, -0.1) is 10.2 Å². The van der Waals surface area contributed by atoms with Crippen LogP contribution in [-0.2, 0) is 10.2 Å². The number of benzene rings is 1. The molecule has 0 bridgehead atoms. The smallest absolute Gasteiger partial charge is 0.242 e. The average Bonchev–Trinajstić information content (AvgIpc) is 3.68. The number of likely N-dealkylation sites (N-methyl/N-ethyl adjacent to an activating group) is 1. The summed E-state index contributed by atoms with van der Waals surface area (Å²) >= 11 is 0. The van der Waals surface area contributed by atoms with Crippen molar-refractivity contribution in [3.05, 3.63) is 58.8 Å². The number of nitrogens with zero attached hydrogens (tertiary/aromatic N) is 8. The van der Waals surface area contributed by atoms with Gasteiger partial charge in [0.05, 0.1) is 18.4 Å². The van der Waals surface area contributed by atoms with Crippen LogP contribution in [-0.4, -0.2) is 66.8 Å². The summed E-state index contributed by atoms with van der Waals surface area (Å²) in [6.07, 6.45) is 16.6. The van der Waals surface area contributed by atoms with E-state index in [1.54, 1.807) is 23.1 Å². The molecule has 266 valence electrons. The first kappa shape index (κ1) is 37.9. The van der Waals surface area contributed by atoms with Crippen LogP contribution in [0.5, 0.6) is 0 Å². The van der Waals surface area contributed by atoms with E-state index in [2.05, 4.69) is 117 Å². The highest BCUT2D eigenvalue weighted by Gasteiger charge is 2.26. The largest absolute Gasteiger partial charge is 0.362 e. The molecule has 3 aromatic heterocycles. The minimum atomic E-state index is -0.216. The number of hydrogen-bond donors (Lipinski definition) is 0. The predicted molar refractivity (Wildman–Crippen MR) is 202 cm³/mol. The molecule has 0 aliphatic rings. The number of fused-ring (bicyclic) bond motifs is 1. The van der Waals surface area contributed by atoms with Gasteiger partial charge in [0, 0.05) is 48.3 Å². The molecular formula is C40H60N8O. The Bertz CT molecular complexity index is 1660. The number of hydrogen-bond acceptors (Lipinski definition) is 7. The van der Waals surface area contributed by atoms with Crippen molar-refractivity contribution in [3.63, 3.8) is 0 Å². The molecule has 0 radical (unpaired) electrons. The molecule has 0 N–H and O–H groups in total. The first-order valence-corrected chi connectivity index (χ1v) is 18.7. The fraction of sp³-hybridized carbons (Fsp3) is 0.600. The monoisotopic (exact) mass is 668 g/mol. The summed E-state index contributed by atoms with van der Waals surface area (Å²) in [5, 5.41) is 14.9. The second kappa shape index (κ2) is 17.7. The molecule has 2 atom stereocenters. The molecule has 0 spiro atoms. The Hall–Kier alpha value is -3.88. The lowest BCUT2D eigenvalue weighted by atomic mass is 9.90. The molecule has 0 aliphatic heterocycles. The molecule has 0 aliphatic carbocycles. The minimum Gasteiger partial charge on any atom is -0.362 e. The maximum atomic E-state index is 14.1. The second-order valence-corrected chi connectivity index (χ2v) is 14.7. The van der Waals surface area contributed by atoms with Crippen LogP contribution in [0.15, 0.2) is 36.8 Å². The second-order valence-electron chi connectivity index (χ2n) is 14.7. The molecule has 0 saturated carbocycles. The van der Waals surface area contributed by atoms with Crippen molar-refractivity contribution in [3.8, 4) is 11.5 Å². The zero-order chi connectivity index (χ0) is 35.6. The molecule has 0 saturated heterocycles. The number of carbonyl (C=O) groups is 1. The topological polar surface area (TPSA) is 92.4 Å². The van der Waals surface area contributed by atoms with Crippen molar-refractivity contribution in [1.82, 2.24) is 34.7 Å². The van der Waals surface area contributed by atoms with E-state index in [0.29, 0.717) is 35.5 Å². The molecule has 49 heavy (non-hydrogen) atoms. The van der Waals surface area contributed by atoms with Crippen LogP contribution < -0.4 is 10.1 Å². The Morgan fingerprint density at radius 3 is 2.14 bits per heavy atom. The molecule has 9 heteroatoms. The number of anilines is 1. The Morgan fingerprint density at radius 2 is 1.61 bits per heavy atom. The Balaban J connectivity index is 1.63. The molecule has 0 fully saturated rings. The van der Waals surface area contributed by atoms with Crippen LogP contribution in [0.25, 0.3) is 23.2 Å². The average molecular weight is 669 g/mol. The van der Waals surface area contributed by atoms with E-state index in [0.717, 1.165) is 60.2 Å². The lowest BCUT2D eigenvalue weighted by molar-refractivity contribution is -0.131. The highest BCUT2D eigenvalue weighted by Crippen LogP contribution is 2.25. The number of rotatable bonds is 18. The van der Waals surface area contributed by atoms with Gasteiger partial charge in [0.15, 0.2) is 5.65 Å². The fourth-order valence-corrected chi connectivity index (χ4v) is 6.62. The lowest BCUT2D eigenvalue weighted by Crippen LogP contribution is -2.44. The van der Waals surface area contributed by atoms with E-state index in [1.165, 1.54) is 38.5 Å². The van der Waals surface area contributed by atoms with Crippen molar-refractivity contribution in [2.24, 2.45) is 11.8 Å². The van der Waals surface area contributed by atoms with Gasteiger partial charge in [-0.3, -0.25) is 9.78 Å². The van der Waals surface area contributed by atoms with E-state index < -0.39 is 0 Å². The third-order valence-electron chi connectivity index (χ3n) is 9.86. The summed E-state index contributed by atoms with van der Waals surface area (Å²) in [5.74, 6) is 1.92. The van der Waals surface area contributed by atoms with E-state index >= 15 is 0 Å². The van der Waals surface area contributed by atoms with E-state index in [-0.39, 0.29) is 11.3 Å². The van der Waals surface area contributed by atoms with Crippen molar-refractivity contribution in [1.29, 1.82) is 0 Å². The van der Waals surface area contributed by atoms with Crippen LogP contribution >= 0.6 is 0 Å². The van der Waals surface area contributed by atoms with Crippen molar-refractivity contribution >= 4 is 23.3 Å². The zero-order valence-electron chi connectivity index (χ0n) is 31.7. The number of aromatic nitrogens is 6. The standard InChI is InChI=1S/C40H60N8O/c1-10-15-17-30(12-3)26-47(27-31(13-4)18-16-11-2)36(49)28-46(14-5)33-20-19-32(29(6)23-33)24-34-37(40(7,8)9)45-48-38(34)43-44-39(48)35-25-41-21-22-42-35/h19-25,30-31H,10-18,26-28H2,1-9H3. The van der Waals surface area contributed by atoms with E-state index in [1.807, 2.05) is 0 Å². The number of aryl methyl sites for hydroxylation is 1. The van der Waals surface area contributed by atoms with Crippen LogP contribution in [0.4, 0.5) is 5.69 Å². The molecular weight excluding hydrogens is 608 g/mol. The minimum absolute atomic E-state index is 0.216. The summed E-state index contributed by atoms with van der Waals surface area (Å²) in [7, 11) is 0. The van der Waals surface area contributed by atoms with Gasteiger partial charge in [0.25, 0.3) is 0 Å². The lowest BCUT2D eigenvalue weighted by Gasteiger charge is -2.33. The zero-order valence-corrected chi connectivity index (χ0v) is 31.7. The first-order chi connectivity index (χ1) is 23.5. The van der Waals surface area contributed by atoms with Crippen molar-refractivity contribution in [2.45, 2.75) is 119 Å². The maximum absolute atomic E-state index is 14.1. The third-order valence-corrected chi connectivity index (χ3v) is 9.86. The van der Waals surface area contributed by atoms with Crippen LogP contribution in [0.2, 0.25) is 0 Å². The highest BCUT2D eigenvalue weighted by atomic mass is 16.2. The van der Waals surface area contributed by atoms with Crippen LogP contribution in [0.3, 0.4) is 0 Å². The number of unbranched alkanes of at least 4 members (excludes halogenated alkanes) is 2. The van der Waals surface area contributed by atoms with Gasteiger partial charge in [0.2, 0.25) is 11.7 Å². The molecule has 4 rings (SSSR count). The van der Waals surface area contributed by atoms with Gasteiger partial charge >= 0.3 is 0 Å². The Kier molecular flexibility index (Phi) is 13.7. The van der Waals surface area contributed by atoms with Crippen LogP contribution in [0.1, 0.15) is 124 Å². The SMILES string of the molecule is CCCCC(CC)CN(CC(CC)CCCC)C(=O)CN(CC)c1ccc(C=c2c(C(C)(C)C)nn3c(-c4cnccn4)nnc23)c(C)c1. The molecule has 9 nitrogen and oxygen atoms in total. The summed E-state index contributed by atoms with van der Waals surface area (Å²) in [4.78, 5) is 27.2. The molecule has 2 unspecified atom stereocenters. The third kappa shape index (κ3) is 9.64.